The molecule has 19 nitrogen and oxygen atoms in total. The van der Waals surface area contributed by atoms with Gasteiger partial charge in [-0.05, 0) is 36.6 Å². The van der Waals surface area contributed by atoms with Crippen LogP contribution in [0.5, 0.6) is 5.75 Å². The highest BCUT2D eigenvalue weighted by atomic mass is 16.4. The Morgan fingerprint density at radius 2 is 1.13 bits per heavy atom. The van der Waals surface area contributed by atoms with Gasteiger partial charge in [-0.2, -0.15) is 0 Å². The minimum Gasteiger partial charge on any atom is -0.508 e. The third kappa shape index (κ3) is 13.9. The molecule has 0 fully saturated rings. The van der Waals surface area contributed by atoms with Crippen molar-refractivity contribution in [1.82, 2.24) is 26.6 Å². The van der Waals surface area contributed by atoms with Crippen molar-refractivity contribution in [2.24, 2.45) is 5.73 Å². The van der Waals surface area contributed by atoms with E-state index in [1.807, 2.05) is 0 Å². The zero-order chi connectivity index (χ0) is 39.0. The van der Waals surface area contributed by atoms with Crippen LogP contribution in [0.25, 0.3) is 0 Å². The van der Waals surface area contributed by atoms with Gasteiger partial charge in [-0.25, -0.2) is 4.79 Å². The van der Waals surface area contributed by atoms with Crippen molar-refractivity contribution in [1.29, 1.82) is 0 Å². The summed E-state index contributed by atoms with van der Waals surface area (Å²) in [6, 6.07) is 4.23. The molecular formula is C33H44N6O13. The fraction of sp³-hybridized carbons (Fsp3) is 0.424. The van der Waals surface area contributed by atoms with Crippen molar-refractivity contribution in [3.63, 3.8) is 0 Å². The highest BCUT2D eigenvalue weighted by molar-refractivity contribution is 5.96. The van der Waals surface area contributed by atoms with Crippen LogP contribution in [0.15, 0.2) is 54.6 Å². The lowest BCUT2D eigenvalue weighted by Gasteiger charge is -2.27. The van der Waals surface area contributed by atoms with Crippen LogP contribution in [0.4, 0.5) is 0 Å². The van der Waals surface area contributed by atoms with Gasteiger partial charge in [0.15, 0.2) is 0 Å². The highest BCUT2D eigenvalue weighted by Gasteiger charge is 2.34. The first-order valence-corrected chi connectivity index (χ1v) is 16.0. The number of phenolic OH excluding ortho intramolecular Hbond substituents is 1. The van der Waals surface area contributed by atoms with Gasteiger partial charge in [-0.1, -0.05) is 42.5 Å². The van der Waals surface area contributed by atoms with Crippen LogP contribution < -0.4 is 32.3 Å². The first-order chi connectivity index (χ1) is 24.6. The number of aliphatic carboxylic acids is 2. The molecule has 0 saturated heterocycles. The monoisotopic (exact) mass is 732 g/mol. The molecule has 0 heterocycles. The van der Waals surface area contributed by atoms with E-state index >= 15 is 0 Å². The van der Waals surface area contributed by atoms with Gasteiger partial charge >= 0.3 is 11.9 Å². The van der Waals surface area contributed by atoms with Gasteiger partial charge in [-0.15, -0.1) is 0 Å². The van der Waals surface area contributed by atoms with E-state index in [1.54, 1.807) is 30.3 Å². The van der Waals surface area contributed by atoms with Crippen molar-refractivity contribution in [3.8, 4) is 5.75 Å². The number of carboxylic acid groups (broad SMARTS) is 2. The van der Waals surface area contributed by atoms with Crippen LogP contribution in [-0.4, -0.2) is 128 Å². The van der Waals surface area contributed by atoms with Gasteiger partial charge < -0.3 is 63.0 Å². The summed E-state index contributed by atoms with van der Waals surface area (Å²) in [6.45, 7) is -0.591. The minimum absolute atomic E-state index is 0.0634. The Morgan fingerprint density at radius 3 is 1.67 bits per heavy atom. The second-order valence-corrected chi connectivity index (χ2v) is 11.8. The number of hydrogen-bond donors (Lipinski definition) is 12. The van der Waals surface area contributed by atoms with Crippen molar-refractivity contribution >= 4 is 41.5 Å². The van der Waals surface area contributed by atoms with Crippen LogP contribution in [-0.2, 0) is 46.4 Å². The van der Waals surface area contributed by atoms with Crippen molar-refractivity contribution in [3.05, 3.63) is 65.7 Å². The summed E-state index contributed by atoms with van der Waals surface area (Å²) in [6.07, 6.45) is -3.15. The molecule has 7 atom stereocenters. The van der Waals surface area contributed by atoms with Crippen LogP contribution in [0.2, 0.25) is 0 Å². The predicted molar refractivity (Wildman–Crippen MR) is 180 cm³/mol. The SMILES string of the molecule is C[C@@H](O)[C@H](NC(=O)[C@H](Cc1ccccc1)NC(=O)[C@H](CCC(=O)O)NC(=O)[C@H](CO)NC(=O)[C@@H](N)CO)C(=O)N[C@@H](Cc1ccc(O)cc1)C(=O)O. The molecule has 19 heteroatoms. The second kappa shape index (κ2) is 20.9. The molecule has 0 bridgehead atoms. The highest BCUT2D eigenvalue weighted by Crippen LogP contribution is 2.12. The first-order valence-electron chi connectivity index (χ1n) is 16.0. The third-order valence-corrected chi connectivity index (χ3v) is 7.60. The molecule has 0 unspecified atom stereocenters. The number of carbonyl (C=O) groups is 7. The molecule has 2 aromatic rings. The maximum Gasteiger partial charge on any atom is 0.326 e. The Kier molecular flexibility index (Phi) is 17.1. The van der Waals surface area contributed by atoms with Crippen molar-refractivity contribution in [2.45, 2.75) is 75.0 Å². The number of aliphatic hydroxyl groups is 3. The largest absolute Gasteiger partial charge is 0.508 e. The first kappa shape index (κ1) is 42.5. The molecule has 0 aliphatic heterocycles. The van der Waals surface area contributed by atoms with Crippen LogP contribution in [0.3, 0.4) is 0 Å². The maximum atomic E-state index is 13.7. The van der Waals surface area contributed by atoms with Gasteiger partial charge in [0.2, 0.25) is 29.5 Å². The summed E-state index contributed by atoms with van der Waals surface area (Å²) >= 11 is 0. The Labute approximate surface area is 297 Å². The Bertz CT molecular complexity index is 1540. The van der Waals surface area contributed by atoms with Crippen molar-refractivity contribution < 1.29 is 64.2 Å². The Balaban J connectivity index is 2.32. The maximum absolute atomic E-state index is 13.7. The van der Waals surface area contributed by atoms with E-state index in [-0.39, 0.29) is 18.6 Å². The molecule has 2 rings (SSSR count). The molecule has 52 heavy (non-hydrogen) atoms. The van der Waals surface area contributed by atoms with E-state index in [2.05, 4.69) is 26.6 Å². The topological polar surface area (TPSA) is 327 Å². The molecule has 0 aromatic heterocycles. The molecule has 0 radical (unpaired) electrons. The zero-order valence-electron chi connectivity index (χ0n) is 28.1. The summed E-state index contributed by atoms with van der Waals surface area (Å²) in [7, 11) is 0. The fourth-order valence-corrected chi connectivity index (χ4v) is 4.68. The number of nitrogens with one attached hydrogen (secondary N) is 5. The number of carbonyl (C=O) groups excluding carboxylic acids is 5. The number of carboxylic acids is 2. The third-order valence-electron chi connectivity index (χ3n) is 7.60. The van der Waals surface area contributed by atoms with Crippen LogP contribution >= 0.6 is 0 Å². The summed E-state index contributed by atoms with van der Waals surface area (Å²) in [5.74, 6) is -8.14. The molecule has 0 spiro atoms. The number of nitrogens with two attached hydrogens (primary N) is 1. The number of aromatic hydroxyl groups is 1. The van der Waals surface area contributed by atoms with Gasteiger partial charge in [-0.3, -0.25) is 28.8 Å². The molecule has 0 aliphatic carbocycles. The molecule has 5 amide bonds. The van der Waals surface area contributed by atoms with E-state index in [1.165, 1.54) is 24.3 Å². The van der Waals surface area contributed by atoms with E-state index in [0.717, 1.165) is 6.92 Å². The van der Waals surface area contributed by atoms with Gasteiger partial charge in [0.1, 0.15) is 42.0 Å². The molecule has 0 aliphatic rings. The number of benzene rings is 2. The van der Waals surface area contributed by atoms with Gasteiger partial charge in [0.05, 0.1) is 19.3 Å². The molecule has 0 saturated carbocycles. The molecule has 2 aromatic carbocycles. The number of aliphatic hydroxyl groups excluding tert-OH is 3. The van der Waals surface area contributed by atoms with E-state index in [9.17, 15) is 59.1 Å². The predicted octanol–water partition coefficient (Wildman–Crippen LogP) is -3.76. The normalized spacial score (nSPS) is 14.9. The molecule has 284 valence electrons. The van der Waals surface area contributed by atoms with E-state index in [4.69, 9.17) is 10.8 Å². The zero-order valence-corrected chi connectivity index (χ0v) is 28.1. The lowest BCUT2D eigenvalue weighted by Crippen LogP contribution is -2.61. The smallest absolute Gasteiger partial charge is 0.326 e. The number of amides is 5. The Hall–Kier alpha value is -5.63. The number of rotatable bonds is 21. The number of phenols is 1. The molecular weight excluding hydrogens is 688 g/mol. The fourth-order valence-electron chi connectivity index (χ4n) is 4.68. The number of hydrogen-bond acceptors (Lipinski definition) is 12. The van der Waals surface area contributed by atoms with Gasteiger partial charge in [0.25, 0.3) is 0 Å². The van der Waals surface area contributed by atoms with Crippen LogP contribution in [0, 0.1) is 0 Å². The van der Waals surface area contributed by atoms with E-state index in [0.29, 0.717) is 11.1 Å². The standard InChI is InChI=1S/C33H44N6O13/c1-17(42)27(32(50)37-24(33(51)52)14-19-7-9-20(43)10-8-19)39-30(48)23(13-18-5-3-2-4-6-18)36-29(47)22(11-12-26(44)45)35-31(49)25(16-41)38-28(46)21(34)15-40/h2-10,17,21-25,27,40-43H,11-16,34H2,1H3,(H,35,49)(H,36,47)(H,37,50)(H,38,46)(H,39,48)(H,44,45)(H,51,52)/t17-,21+,22+,23+,24+,25+,27+/m1/s1. The quantitative estimate of drug-likeness (QED) is 0.0587. The lowest BCUT2D eigenvalue weighted by molar-refractivity contribution is -0.143. The second-order valence-electron chi connectivity index (χ2n) is 11.8. The average molecular weight is 733 g/mol. The summed E-state index contributed by atoms with van der Waals surface area (Å²) in [5, 5.41) is 69.0. The summed E-state index contributed by atoms with van der Waals surface area (Å²) in [5.41, 5.74) is 6.38. The van der Waals surface area contributed by atoms with E-state index < -0.39 is 110 Å². The minimum atomic E-state index is -1.73. The average Bonchev–Trinajstić information content (AvgIpc) is 3.10. The summed E-state index contributed by atoms with van der Waals surface area (Å²) in [4.78, 5) is 88.8. The lowest BCUT2D eigenvalue weighted by atomic mass is 10.0. The molecule has 13 N–H and O–H groups in total. The van der Waals surface area contributed by atoms with Gasteiger partial charge in [0, 0.05) is 19.3 Å². The van der Waals surface area contributed by atoms with Crippen LogP contribution in [0.1, 0.15) is 30.9 Å². The Morgan fingerprint density at radius 1 is 0.635 bits per heavy atom. The van der Waals surface area contributed by atoms with Crippen molar-refractivity contribution in [2.75, 3.05) is 13.2 Å². The summed E-state index contributed by atoms with van der Waals surface area (Å²) < 4.78 is 0.